The third-order valence-electron chi connectivity index (χ3n) is 4.25. The van der Waals surface area contributed by atoms with E-state index in [1.54, 1.807) is 19.1 Å². The molecular formula is C19H24N2O2. The number of carbonyl (C=O) groups excluding carboxylic acids is 1. The molecule has 0 spiro atoms. The van der Waals surface area contributed by atoms with Crippen LogP contribution >= 0.6 is 0 Å². The third-order valence-corrected chi connectivity index (χ3v) is 4.25. The number of urea groups is 1. The monoisotopic (exact) mass is 312 g/mol. The summed E-state index contributed by atoms with van der Waals surface area (Å²) in [6.45, 7) is 6.07. The van der Waals surface area contributed by atoms with Crippen LogP contribution in [0.3, 0.4) is 0 Å². The van der Waals surface area contributed by atoms with Crippen LogP contribution in [0.2, 0.25) is 0 Å². The van der Waals surface area contributed by atoms with E-state index >= 15 is 0 Å². The zero-order chi connectivity index (χ0) is 17.0. The Kier molecular flexibility index (Phi) is 5.27. The minimum atomic E-state index is -0.147. The molecule has 4 heteroatoms. The molecule has 0 bridgehead atoms. The first kappa shape index (κ1) is 16.9. The van der Waals surface area contributed by atoms with Crippen molar-refractivity contribution in [3.05, 3.63) is 59.2 Å². The molecule has 0 saturated carbocycles. The van der Waals surface area contributed by atoms with Crippen LogP contribution in [0, 0.1) is 13.8 Å². The summed E-state index contributed by atoms with van der Waals surface area (Å²) in [4.78, 5) is 14.2. The Morgan fingerprint density at radius 2 is 1.83 bits per heavy atom. The molecule has 0 aliphatic carbocycles. The summed E-state index contributed by atoms with van der Waals surface area (Å²) in [5, 5.41) is 2.94. The fourth-order valence-electron chi connectivity index (χ4n) is 2.43. The third kappa shape index (κ3) is 3.83. The molecule has 0 radical (unpaired) electrons. The molecule has 2 amide bonds. The highest BCUT2D eigenvalue weighted by atomic mass is 16.5. The van der Waals surface area contributed by atoms with Crippen molar-refractivity contribution in [2.75, 3.05) is 19.5 Å². The van der Waals surface area contributed by atoms with E-state index in [0.29, 0.717) is 0 Å². The number of ether oxygens (including phenoxy) is 1. The molecular weight excluding hydrogens is 288 g/mol. The first-order valence-electron chi connectivity index (χ1n) is 7.68. The second kappa shape index (κ2) is 7.18. The van der Waals surface area contributed by atoms with Crippen LogP contribution in [0.1, 0.15) is 29.7 Å². The summed E-state index contributed by atoms with van der Waals surface area (Å²) in [6.07, 6.45) is 0. The Hall–Kier alpha value is -2.49. The predicted octanol–water partition coefficient (Wildman–Crippen LogP) is 4.54. The number of nitrogens with zero attached hydrogens (tertiary/aromatic N) is 1. The number of amides is 2. The number of methoxy groups -OCH3 is 1. The number of aryl methyl sites for hydroxylation is 2. The molecule has 0 aromatic heterocycles. The summed E-state index contributed by atoms with van der Waals surface area (Å²) in [7, 11) is 3.42. The van der Waals surface area contributed by atoms with Crippen molar-refractivity contribution in [1.82, 2.24) is 4.90 Å². The van der Waals surface area contributed by atoms with Crippen LogP contribution in [-0.2, 0) is 0 Å². The zero-order valence-electron chi connectivity index (χ0n) is 14.4. The van der Waals surface area contributed by atoms with Gasteiger partial charge in [-0.15, -0.1) is 0 Å². The Morgan fingerprint density at radius 3 is 2.48 bits per heavy atom. The first-order chi connectivity index (χ1) is 10.9. The highest BCUT2D eigenvalue weighted by Gasteiger charge is 2.20. The minimum Gasteiger partial charge on any atom is -0.496 e. The molecule has 2 aromatic carbocycles. The van der Waals surface area contributed by atoms with Gasteiger partial charge in [-0.25, -0.2) is 4.79 Å². The van der Waals surface area contributed by atoms with Gasteiger partial charge in [-0.3, -0.25) is 0 Å². The van der Waals surface area contributed by atoms with Gasteiger partial charge >= 0.3 is 6.03 Å². The standard InChI is InChI=1S/C19H24N2O2/c1-13-10-11-16(12-14(13)2)20-19(22)21(4)15(3)17-8-6-7-9-18(17)23-5/h6-12,15H,1-5H3,(H,20,22). The van der Waals surface area contributed by atoms with Gasteiger partial charge in [0.2, 0.25) is 0 Å². The topological polar surface area (TPSA) is 41.6 Å². The molecule has 0 aliphatic heterocycles. The molecule has 1 N–H and O–H groups in total. The largest absolute Gasteiger partial charge is 0.496 e. The number of anilines is 1. The van der Waals surface area contributed by atoms with Gasteiger partial charge < -0.3 is 15.0 Å². The molecule has 122 valence electrons. The van der Waals surface area contributed by atoms with Gasteiger partial charge in [-0.05, 0) is 50.1 Å². The SMILES string of the molecule is COc1ccccc1C(C)N(C)C(=O)Nc1ccc(C)c(C)c1. The van der Waals surface area contributed by atoms with Gasteiger partial charge in [-0.2, -0.15) is 0 Å². The lowest BCUT2D eigenvalue weighted by molar-refractivity contribution is 0.207. The van der Waals surface area contributed by atoms with E-state index in [1.165, 1.54) is 5.56 Å². The van der Waals surface area contributed by atoms with Crippen LogP contribution in [0.15, 0.2) is 42.5 Å². The number of benzene rings is 2. The van der Waals surface area contributed by atoms with Crippen molar-refractivity contribution in [3.63, 3.8) is 0 Å². The van der Waals surface area contributed by atoms with Crippen molar-refractivity contribution in [1.29, 1.82) is 0 Å². The minimum absolute atomic E-state index is 0.0994. The van der Waals surface area contributed by atoms with E-state index in [-0.39, 0.29) is 12.1 Å². The second-order valence-corrected chi connectivity index (χ2v) is 5.76. The van der Waals surface area contributed by atoms with E-state index in [9.17, 15) is 4.79 Å². The lowest BCUT2D eigenvalue weighted by Gasteiger charge is -2.27. The lowest BCUT2D eigenvalue weighted by atomic mass is 10.1. The van der Waals surface area contributed by atoms with E-state index in [4.69, 9.17) is 4.74 Å². The maximum absolute atomic E-state index is 12.5. The van der Waals surface area contributed by atoms with Gasteiger partial charge in [0.1, 0.15) is 5.75 Å². The van der Waals surface area contributed by atoms with E-state index in [0.717, 1.165) is 22.6 Å². The van der Waals surface area contributed by atoms with Crippen molar-refractivity contribution >= 4 is 11.7 Å². The van der Waals surface area contributed by atoms with Gasteiger partial charge in [0.15, 0.2) is 0 Å². The van der Waals surface area contributed by atoms with E-state index in [2.05, 4.69) is 12.2 Å². The number of carbonyl (C=O) groups is 1. The maximum atomic E-state index is 12.5. The molecule has 0 saturated heterocycles. The average Bonchev–Trinajstić information content (AvgIpc) is 2.56. The van der Waals surface area contributed by atoms with Crippen LogP contribution in [0.5, 0.6) is 5.75 Å². The second-order valence-electron chi connectivity index (χ2n) is 5.76. The number of para-hydroxylation sites is 1. The normalized spacial score (nSPS) is 11.7. The van der Waals surface area contributed by atoms with Gasteiger partial charge in [0.25, 0.3) is 0 Å². The molecule has 0 aliphatic rings. The number of hydrogen-bond donors (Lipinski definition) is 1. The smallest absolute Gasteiger partial charge is 0.322 e. The van der Waals surface area contributed by atoms with Crippen molar-refractivity contribution < 1.29 is 9.53 Å². The Labute approximate surface area is 138 Å². The predicted molar refractivity (Wildman–Crippen MR) is 94.1 cm³/mol. The number of hydrogen-bond acceptors (Lipinski definition) is 2. The summed E-state index contributed by atoms with van der Waals surface area (Å²) in [6, 6.07) is 13.4. The molecule has 2 aromatic rings. The zero-order valence-corrected chi connectivity index (χ0v) is 14.4. The van der Waals surface area contributed by atoms with Crippen LogP contribution < -0.4 is 10.1 Å². The Morgan fingerprint density at radius 1 is 1.13 bits per heavy atom. The van der Waals surface area contributed by atoms with Crippen LogP contribution in [0.25, 0.3) is 0 Å². The Balaban J connectivity index is 2.13. The number of nitrogens with one attached hydrogen (secondary N) is 1. The van der Waals surface area contributed by atoms with Crippen LogP contribution in [0.4, 0.5) is 10.5 Å². The molecule has 23 heavy (non-hydrogen) atoms. The Bertz CT molecular complexity index is 698. The van der Waals surface area contributed by atoms with Crippen molar-refractivity contribution in [2.45, 2.75) is 26.8 Å². The summed E-state index contributed by atoms with van der Waals surface area (Å²) >= 11 is 0. The number of rotatable bonds is 4. The van der Waals surface area contributed by atoms with Gasteiger partial charge in [-0.1, -0.05) is 24.3 Å². The summed E-state index contributed by atoms with van der Waals surface area (Å²) in [5.74, 6) is 0.783. The van der Waals surface area contributed by atoms with Crippen molar-refractivity contribution in [3.8, 4) is 5.75 Å². The van der Waals surface area contributed by atoms with Gasteiger partial charge in [0, 0.05) is 18.3 Å². The van der Waals surface area contributed by atoms with E-state index in [1.807, 2.05) is 56.3 Å². The fourth-order valence-corrected chi connectivity index (χ4v) is 2.43. The molecule has 4 nitrogen and oxygen atoms in total. The highest BCUT2D eigenvalue weighted by Crippen LogP contribution is 2.28. The van der Waals surface area contributed by atoms with Crippen molar-refractivity contribution in [2.24, 2.45) is 0 Å². The quantitative estimate of drug-likeness (QED) is 0.900. The molecule has 0 fully saturated rings. The van der Waals surface area contributed by atoms with Gasteiger partial charge in [0.05, 0.1) is 13.2 Å². The van der Waals surface area contributed by atoms with E-state index < -0.39 is 0 Å². The summed E-state index contributed by atoms with van der Waals surface area (Å²) < 4.78 is 5.39. The highest BCUT2D eigenvalue weighted by molar-refractivity contribution is 5.89. The maximum Gasteiger partial charge on any atom is 0.322 e. The molecule has 1 atom stereocenters. The lowest BCUT2D eigenvalue weighted by Crippen LogP contribution is -2.33. The molecule has 1 unspecified atom stereocenters. The van der Waals surface area contributed by atoms with Crippen LogP contribution in [-0.4, -0.2) is 25.1 Å². The molecule has 0 heterocycles. The molecule has 2 rings (SSSR count). The average molecular weight is 312 g/mol. The first-order valence-corrected chi connectivity index (χ1v) is 7.68. The summed E-state index contributed by atoms with van der Waals surface area (Å²) in [5.41, 5.74) is 4.15. The fraction of sp³-hybridized carbons (Fsp3) is 0.316.